The van der Waals surface area contributed by atoms with Crippen LogP contribution in [0, 0.1) is 5.82 Å². The maximum absolute atomic E-state index is 12.9. The molecule has 0 aliphatic heterocycles. The molecule has 0 radical (unpaired) electrons. The highest BCUT2D eigenvalue weighted by Gasteiger charge is 2.14. The van der Waals surface area contributed by atoms with Crippen LogP contribution in [-0.4, -0.2) is 21.2 Å². The predicted octanol–water partition coefficient (Wildman–Crippen LogP) is 3.43. The molecule has 0 spiro atoms. The first-order valence-corrected chi connectivity index (χ1v) is 6.95. The van der Waals surface area contributed by atoms with Gasteiger partial charge in [0.05, 0.1) is 15.2 Å². The van der Waals surface area contributed by atoms with E-state index in [-0.39, 0.29) is 17.1 Å². The molecule has 0 fully saturated rings. The van der Waals surface area contributed by atoms with Crippen LogP contribution in [0.3, 0.4) is 0 Å². The van der Waals surface area contributed by atoms with Crippen molar-refractivity contribution in [3.8, 4) is 5.75 Å². The maximum atomic E-state index is 12.9. The van der Waals surface area contributed by atoms with Crippen molar-refractivity contribution in [3.63, 3.8) is 0 Å². The summed E-state index contributed by atoms with van der Waals surface area (Å²) in [5.41, 5.74) is 1.28. The number of aromatic carboxylic acids is 1. The molecular formula is C15H10FNO3S. The largest absolute Gasteiger partial charge is 0.507 e. The smallest absolute Gasteiger partial charge is 0.339 e. The lowest BCUT2D eigenvalue weighted by atomic mass is 10.1. The molecule has 0 atom stereocenters. The minimum atomic E-state index is -1.19. The lowest BCUT2D eigenvalue weighted by Gasteiger charge is -1.97. The van der Waals surface area contributed by atoms with Crippen molar-refractivity contribution in [3.05, 3.63) is 58.3 Å². The number of phenols is 1. The summed E-state index contributed by atoms with van der Waals surface area (Å²) < 4.78 is 13.6. The zero-order valence-corrected chi connectivity index (χ0v) is 11.5. The summed E-state index contributed by atoms with van der Waals surface area (Å²) in [7, 11) is 0. The normalized spacial score (nSPS) is 10.9. The number of aromatic nitrogens is 1. The number of hydrogen-bond donors (Lipinski definition) is 2. The topological polar surface area (TPSA) is 70.4 Å². The number of halogens is 1. The Bertz CT molecular complexity index is 827. The molecule has 3 aromatic rings. The van der Waals surface area contributed by atoms with Gasteiger partial charge in [-0.15, -0.1) is 11.3 Å². The van der Waals surface area contributed by atoms with Crippen LogP contribution in [0.1, 0.15) is 20.9 Å². The molecule has 6 heteroatoms. The fourth-order valence-corrected chi connectivity index (χ4v) is 3.05. The number of benzene rings is 2. The first-order valence-electron chi connectivity index (χ1n) is 6.13. The van der Waals surface area contributed by atoms with Crippen LogP contribution < -0.4 is 0 Å². The highest BCUT2D eigenvalue weighted by atomic mass is 32.1. The SMILES string of the molecule is O=C(O)c1cc2nc(Cc3ccc(F)cc3)sc2cc1O. The lowest BCUT2D eigenvalue weighted by Crippen LogP contribution is -1.96. The van der Waals surface area contributed by atoms with Gasteiger partial charge in [0.25, 0.3) is 0 Å². The third-order valence-electron chi connectivity index (χ3n) is 3.05. The Kier molecular flexibility index (Phi) is 3.31. The lowest BCUT2D eigenvalue weighted by molar-refractivity contribution is 0.0694. The van der Waals surface area contributed by atoms with Crippen LogP contribution in [0.4, 0.5) is 4.39 Å². The van der Waals surface area contributed by atoms with E-state index in [1.54, 1.807) is 12.1 Å². The molecule has 1 heterocycles. The number of aromatic hydroxyl groups is 1. The molecule has 0 aliphatic carbocycles. The molecule has 1 aromatic heterocycles. The Hall–Kier alpha value is -2.47. The second kappa shape index (κ2) is 5.14. The van der Waals surface area contributed by atoms with Gasteiger partial charge in [0.1, 0.15) is 17.1 Å². The zero-order chi connectivity index (χ0) is 15.0. The third-order valence-corrected chi connectivity index (χ3v) is 4.07. The van der Waals surface area contributed by atoms with Gasteiger partial charge in [0, 0.05) is 12.5 Å². The summed E-state index contributed by atoms with van der Waals surface area (Å²) in [5, 5.41) is 19.4. The van der Waals surface area contributed by atoms with Crippen LogP contribution >= 0.6 is 11.3 Å². The van der Waals surface area contributed by atoms with E-state index in [0.717, 1.165) is 15.3 Å². The standard InChI is InChI=1S/C15H10FNO3S/c16-9-3-1-8(2-4-9)5-14-17-11-6-10(15(19)20)12(18)7-13(11)21-14/h1-4,6-7,18H,5H2,(H,19,20). The minimum Gasteiger partial charge on any atom is -0.507 e. The van der Waals surface area contributed by atoms with Crippen molar-refractivity contribution in [2.45, 2.75) is 6.42 Å². The Balaban J connectivity index is 1.97. The molecule has 0 saturated heterocycles. The molecule has 4 nitrogen and oxygen atoms in total. The van der Waals surface area contributed by atoms with Gasteiger partial charge in [-0.25, -0.2) is 14.2 Å². The summed E-state index contributed by atoms with van der Waals surface area (Å²) in [6.07, 6.45) is 0.531. The van der Waals surface area contributed by atoms with Gasteiger partial charge in [-0.1, -0.05) is 12.1 Å². The van der Waals surface area contributed by atoms with Gasteiger partial charge in [0.2, 0.25) is 0 Å². The van der Waals surface area contributed by atoms with Crippen LogP contribution in [0.15, 0.2) is 36.4 Å². The van der Waals surface area contributed by atoms with Crippen molar-refractivity contribution >= 4 is 27.5 Å². The molecule has 0 unspecified atom stereocenters. The van der Waals surface area contributed by atoms with E-state index >= 15 is 0 Å². The number of carbonyl (C=O) groups is 1. The van der Waals surface area contributed by atoms with Gasteiger partial charge in [-0.05, 0) is 23.8 Å². The molecule has 2 aromatic carbocycles. The van der Waals surface area contributed by atoms with E-state index < -0.39 is 5.97 Å². The van der Waals surface area contributed by atoms with E-state index in [4.69, 9.17) is 5.11 Å². The number of fused-ring (bicyclic) bond motifs is 1. The number of thiazole rings is 1. The average molecular weight is 303 g/mol. The Morgan fingerprint density at radius 2 is 1.95 bits per heavy atom. The highest BCUT2D eigenvalue weighted by Crippen LogP contribution is 2.30. The monoisotopic (exact) mass is 303 g/mol. The molecule has 3 rings (SSSR count). The summed E-state index contributed by atoms with van der Waals surface area (Å²) in [4.78, 5) is 15.3. The number of carboxylic acid groups (broad SMARTS) is 1. The van der Waals surface area contributed by atoms with Crippen molar-refractivity contribution < 1.29 is 19.4 Å². The van der Waals surface area contributed by atoms with Gasteiger partial charge >= 0.3 is 5.97 Å². The van der Waals surface area contributed by atoms with Gasteiger partial charge in [0.15, 0.2) is 0 Å². The zero-order valence-electron chi connectivity index (χ0n) is 10.7. The molecule has 0 aliphatic rings. The summed E-state index contributed by atoms with van der Waals surface area (Å²) in [6, 6.07) is 8.90. The fourth-order valence-electron chi connectivity index (χ4n) is 2.03. The molecule has 2 N–H and O–H groups in total. The molecule has 106 valence electrons. The Morgan fingerprint density at radius 1 is 1.24 bits per heavy atom. The van der Waals surface area contributed by atoms with Crippen LogP contribution in [-0.2, 0) is 6.42 Å². The molecule has 0 amide bonds. The van der Waals surface area contributed by atoms with Gasteiger partial charge < -0.3 is 10.2 Å². The molecule has 21 heavy (non-hydrogen) atoms. The van der Waals surface area contributed by atoms with E-state index in [0.29, 0.717) is 11.9 Å². The predicted molar refractivity (Wildman–Crippen MR) is 77.5 cm³/mol. The van der Waals surface area contributed by atoms with Crippen molar-refractivity contribution in [2.24, 2.45) is 0 Å². The molecular weight excluding hydrogens is 293 g/mol. The first kappa shape index (κ1) is 13.5. The van der Waals surface area contributed by atoms with Crippen molar-refractivity contribution in [1.82, 2.24) is 4.98 Å². The maximum Gasteiger partial charge on any atom is 0.339 e. The van der Waals surface area contributed by atoms with Gasteiger partial charge in [-0.2, -0.15) is 0 Å². The van der Waals surface area contributed by atoms with Crippen molar-refractivity contribution in [2.75, 3.05) is 0 Å². The number of nitrogens with zero attached hydrogens (tertiary/aromatic N) is 1. The third kappa shape index (κ3) is 2.71. The van der Waals surface area contributed by atoms with E-state index in [1.165, 1.54) is 35.6 Å². The van der Waals surface area contributed by atoms with E-state index in [1.807, 2.05) is 0 Å². The Labute approximate surface area is 123 Å². The van der Waals surface area contributed by atoms with E-state index in [2.05, 4.69) is 4.98 Å². The van der Waals surface area contributed by atoms with Crippen LogP contribution in [0.5, 0.6) is 5.75 Å². The first-order chi connectivity index (χ1) is 10.0. The summed E-state index contributed by atoms with van der Waals surface area (Å²) in [6.45, 7) is 0. The molecule has 0 bridgehead atoms. The quantitative estimate of drug-likeness (QED) is 0.777. The van der Waals surface area contributed by atoms with Gasteiger partial charge in [-0.3, -0.25) is 0 Å². The number of rotatable bonds is 3. The second-order valence-electron chi connectivity index (χ2n) is 4.55. The Morgan fingerprint density at radius 3 is 2.62 bits per heavy atom. The fraction of sp³-hybridized carbons (Fsp3) is 0.0667. The summed E-state index contributed by atoms with van der Waals surface area (Å²) >= 11 is 1.37. The highest BCUT2D eigenvalue weighted by molar-refractivity contribution is 7.18. The number of carboxylic acids is 1. The molecule has 0 saturated carbocycles. The minimum absolute atomic E-state index is 0.166. The van der Waals surface area contributed by atoms with Crippen molar-refractivity contribution in [1.29, 1.82) is 0 Å². The second-order valence-corrected chi connectivity index (χ2v) is 5.67. The number of hydrogen-bond acceptors (Lipinski definition) is 4. The van der Waals surface area contributed by atoms with Crippen LogP contribution in [0.2, 0.25) is 0 Å². The van der Waals surface area contributed by atoms with Crippen LogP contribution in [0.25, 0.3) is 10.2 Å². The van der Waals surface area contributed by atoms with E-state index in [9.17, 15) is 14.3 Å². The average Bonchev–Trinajstić information content (AvgIpc) is 2.81. The summed E-state index contributed by atoms with van der Waals surface area (Å²) in [5.74, 6) is -1.76.